The summed E-state index contributed by atoms with van der Waals surface area (Å²) in [5.74, 6) is -1.49. The maximum atomic E-state index is 13.0. The fourth-order valence-electron chi connectivity index (χ4n) is 3.70. The zero-order valence-electron chi connectivity index (χ0n) is 19.2. The zero-order chi connectivity index (χ0) is 24.7. The van der Waals surface area contributed by atoms with Crippen molar-refractivity contribution in [2.75, 3.05) is 26.7 Å². The van der Waals surface area contributed by atoms with E-state index < -0.39 is 33.9 Å². The van der Waals surface area contributed by atoms with Crippen LogP contribution in [0.1, 0.15) is 25.3 Å². The second-order valence-electron chi connectivity index (χ2n) is 8.12. The van der Waals surface area contributed by atoms with Crippen molar-refractivity contribution in [1.82, 2.24) is 9.62 Å². The van der Waals surface area contributed by atoms with E-state index in [1.54, 1.807) is 24.3 Å². The maximum Gasteiger partial charge on any atom is 0.311 e. The molecule has 1 aliphatic heterocycles. The second kappa shape index (κ2) is 11.4. The van der Waals surface area contributed by atoms with E-state index in [0.29, 0.717) is 38.1 Å². The molecule has 0 bridgehead atoms. The van der Waals surface area contributed by atoms with Crippen molar-refractivity contribution in [2.24, 2.45) is 5.92 Å². The molecule has 2 aromatic carbocycles. The SMILES string of the molecule is COc1ccc(S(=O)(=O)N2CCCC(C(=O)OC(C)C(=O)NCCc3ccc(F)cc3)C2)cc1. The molecule has 3 rings (SSSR count). The van der Waals surface area contributed by atoms with Gasteiger partial charge in [-0.3, -0.25) is 9.59 Å². The smallest absolute Gasteiger partial charge is 0.311 e. The fraction of sp³-hybridized carbons (Fsp3) is 0.417. The Kier molecular flexibility index (Phi) is 8.62. The third-order valence-electron chi connectivity index (χ3n) is 5.70. The van der Waals surface area contributed by atoms with Crippen LogP contribution >= 0.6 is 0 Å². The Morgan fingerprint density at radius 3 is 2.47 bits per heavy atom. The predicted octanol–water partition coefficient (Wildman–Crippen LogP) is 2.53. The average Bonchev–Trinajstić information content (AvgIpc) is 2.85. The molecule has 0 saturated carbocycles. The molecule has 0 spiro atoms. The van der Waals surface area contributed by atoms with E-state index in [1.165, 1.54) is 42.6 Å². The van der Waals surface area contributed by atoms with Gasteiger partial charge in [-0.15, -0.1) is 0 Å². The number of sulfonamides is 1. The summed E-state index contributed by atoms with van der Waals surface area (Å²) < 4.78 is 50.6. The Morgan fingerprint density at radius 1 is 1.15 bits per heavy atom. The number of halogens is 1. The monoisotopic (exact) mass is 492 g/mol. The molecule has 2 aromatic rings. The van der Waals surface area contributed by atoms with Crippen molar-refractivity contribution in [1.29, 1.82) is 0 Å². The number of carbonyl (C=O) groups excluding carboxylic acids is 2. The molecule has 0 radical (unpaired) electrons. The van der Waals surface area contributed by atoms with Crippen molar-refractivity contribution in [3.63, 3.8) is 0 Å². The van der Waals surface area contributed by atoms with Crippen molar-refractivity contribution in [3.8, 4) is 5.75 Å². The van der Waals surface area contributed by atoms with E-state index in [-0.39, 0.29) is 17.3 Å². The number of hydrogen-bond acceptors (Lipinski definition) is 6. The number of rotatable bonds is 9. The van der Waals surface area contributed by atoms with E-state index >= 15 is 0 Å². The van der Waals surface area contributed by atoms with Gasteiger partial charge in [0.05, 0.1) is 17.9 Å². The van der Waals surface area contributed by atoms with Crippen molar-refractivity contribution in [2.45, 2.75) is 37.2 Å². The number of benzene rings is 2. The van der Waals surface area contributed by atoms with Gasteiger partial charge >= 0.3 is 5.97 Å². The number of carbonyl (C=O) groups is 2. The summed E-state index contributed by atoms with van der Waals surface area (Å²) in [4.78, 5) is 25.1. The topological polar surface area (TPSA) is 102 Å². The number of methoxy groups -OCH3 is 1. The van der Waals surface area contributed by atoms with Crippen molar-refractivity contribution < 1.29 is 31.9 Å². The molecule has 1 heterocycles. The Bertz CT molecular complexity index is 1090. The first-order valence-electron chi connectivity index (χ1n) is 11.1. The average molecular weight is 493 g/mol. The fourth-order valence-corrected chi connectivity index (χ4v) is 5.22. The molecular weight excluding hydrogens is 463 g/mol. The highest BCUT2D eigenvalue weighted by Crippen LogP contribution is 2.26. The molecule has 1 saturated heterocycles. The molecule has 34 heavy (non-hydrogen) atoms. The molecule has 0 aliphatic carbocycles. The summed E-state index contributed by atoms with van der Waals surface area (Å²) in [6, 6.07) is 12.0. The summed E-state index contributed by atoms with van der Waals surface area (Å²) in [6.45, 7) is 2.08. The third-order valence-corrected chi connectivity index (χ3v) is 7.58. The lowest BCUT2D eigenvalue weighted by Gasteiger charge is -2.31. The minimum atomic E-state index is -3.77. The van der Waals surface area contributed by atoms with Gasteiger partial charge in [-0.25, -0.2) is 12.8 Å². The van der Waals surface area contributed by atoms with Crippen LogP contribution in [0.3, 0.4) is 0 Å². The van der Waals surface area contributed by atoms with E-state index in [1.807, 2.05) is 0 Å². The highest BCUT2D eigenvalue weighted by atomic mass is 32.2. The third kappa shape index (κ3) is 6.54. The summed E-state index contributed by atoms with van der Waals surface area (Å²) in [7, 11) is -2.27. The van der Waals surface area contributed by atoms with E-state index in [2.05, 4.69) is 5.32 Å². The molecule has 0 aromatic heterocycles. The van der Waals surface area contributed by atoms with Gasteiger partial charge in [0.15, 0.2) is 6.10 Å². The highest BCUT2D eigenvalue weighted by Gasteiger charge is 2.35. The molecule has 1 aliphatic rings. The van der Waals surface area contributed by atoms with Gasteiger partial charge in [-0.05, 0) is 68.1 Å². The first-order chi connectivity index (χ1) is 16.2. The van der Waals surface area contributed by atoms with Gasteiger partial charge in [0.2, 0.25) is 10.0 Å². The minimum absolute atomic E-state index is 0.00784. The van der Waals surface area contributed by atoms with Gasteiger partial charge in [-0.2, -0.15) is 4.31 Å². The van der Waals surface area contributed by atoms with Gasteiger partial charge < -0.3 is 14.8 Å². The molecule has 2 unspecified atom stereocenters. The minimum Gasteiger partial charge on any atom is -0.497 e. The number of nitrogens with one attached hydrogen (secondary N) is 1. The Labute approximate surface area is 199 Å². The second-order valence-corrected chi connectivity index (χ2v) is 10.1. The van der Waals surface area contributed by atoms with Crippen LogP contribution in [0.15, 0.2) is 53.4 Å². The standard InChI is InChI=1S/C24H29FN2O6S/c1-17(23(28)26-14-13-18-5-7-20(25)8-6-18)33-24(29)19-4-3-15-27(16-19)34(30,31)22-11-9-21(32-2)10-12-22/h5-12,17,19H,3-4,13-16H2,1-2H3,(H,26,28). The first-order valence-corrected chi connectivity index (χ1v) is 12.5. The van der Waals surface area contributed by atoms with Gasteiger partial charge in [0.1, 0.15) is 11.6 Å². The number of hydrogen-bond donors (Lipinski definition) is 1. The van der Waals surface area contributed by atoms with Gasteiger partial charge in [-0.1, -0.05) is 12.1 Å². The molecule has 1 fully saturated rings. The van der Waals surface area contributed by atoms with Crippen molar-refractivity contribution >= 4 is 21.9 Å². The number of ether oxygens (including phenoxy) is 2. The van der Waals surface area contributed by atoms with Crippen molar-refractivity contribution in [3.05, 3.63) is 59.9 Å². The summed E-state index contributed by atoms with van der Waals surface area (Å²) in [5.41, 5.74) is 0.867. The largest absolute Gasteiger partial charge is 0.497 e. The van der Waals surface area contributed by atoms with Gasteiger partial charge in [0, 0.05) is 19.6 Å². The number of piperidine rings is 1. The van der Waals surface area contributed by atoms with Crippen LogP contribution in [0.5, 0.6) is 5.75 Å². The van der Waals surface area contributed by atoms with Crippen LogP contribution in [-0.2, 0) is 30.8 Å². The molecule has 1 N–H and O–H groups in total. The van der Waals surface area contributed by atoms with E-state index in [0.717, 1.165) is 5.56 Å². The number of nitrogens with zero attached hydrogens (tertiary/aromatic N) is 1. The highest BCUT2D eigenvalue weighted by molar-refractivity contribution is 7.89. The summed E-state index contributed by atoms with van der Waals surface area (Å²) in [5, 5.41) is 2.69. The summed E-state index contributed by atoms with van der Waals surface area (Å²) in [6.07, 6.45) is 0.474. The number of esters is 1. The predicted molar refractivity (Wildman–Crippen MR) is 123 cm³/mol. The first kappa shape index (κ1) is 25.6. The Balaban J connectivity index is 1.51. The molecular formula is C24H29FN2O6S. The van der Waals surface area contributed by atoms with Crippen LogP contribution in [0.25, 0.3) is 0 Å². The quantitative estimate of drug-likeness (QED) is 0.540. The van der Waals surface area contributed by atoms with Gasteiger partial charge in [0.25, 0.3) is 5.91 Å². The van der Waals surface area contributed by atoms with E-state index in [9.17, 15) is 22.4 Å². The lowest BCUT2D eigenvalue weighted by Crippen LogP contribution is -2.44. The Morgan fingerprint density at radius 2 is 1.82 bits per heavy atom. The number of amides is 1. The molecule has 2 atom stereocenters. The lowest BCUT2D eigenvalue weighted by atomic mass is 10.00. The molecule has 8 nitrogen and oxygen atoms in total. The molecule has 1 amide bonds. The Hall–Kier alpha value is -2.98. The van der Waals surface area contributed by atoms with Crippen LogP contribution in [0.2, 0.25) is 0 Å². The lowest BCUT2D eigenvalue weighted by molar-refractivity contribution is -0.159. The summed E-state index contributed by atoms with van der Waals surface area (Å²) >= 11 is 0. The van der Waals surface area contributed by atoms with Crippen LogP contribution in [0, 0.1) is 11.7 Å². The molecule has 184 valence electrons. The normalized spacial score (nSPS) is 17.6. The van der Waals surface area contributed by atoms with E-state index in [4.69, 9.17) is 9.47 Å². The van der Waals surface area contributed by atoms with Crippen LogP contribution in [-0.4, -0.2) is 57.4 Å². The van der Waals surface area contributed by atoms with Crippen LogP contribution < -0.4 is 10.1 Å². The zero-order valence-corrected chi connectivity index (χ0v) is 20.0. The van der Waals surface area contributed by atoms with Crippen LogP contribution in [0.4, 0.5) is 4.39 Å². The molecule has 10 heteroatoms. The maximum absolute atomic E-state index is 13.0.